The number of hydrogen-bond acceptors (Lipinski definition) is 4. The molecule has 6 nitrogen and oxygen atoms in total. The molecule has 0 radical (unpaired) electrons. The Morgan fingerprint density at radius 1 is 1.11 bits per heavy atom. The topological polar surface area (TPSA) is 67.2 Å². The molecule has 0 spiro atoms. The molecule has 0 bridgehead atoms. The number of rotatable bonds is 5. The third-order valence-corrected chi connectivity index (χ3v) is 7.54. The Balaban J connectivity index is 1.75. The SMILES string of the molecule is CC(C)(C)c1nn(-c2ccc(F)cc2)c2c1[C@H](c1ccccc1F)SCC(=O)N2CC(=O)NC1CC1. The van der Waals surface area contributed by atoms with Crippen molar-refractivity contribution >= 4 is 29.4 Å². The van der Waals surface area contributed by atoms with Crippen LogP contribution in [0.15, 0.2) is 48.5 Å². The normalized spacial score (nSPS) is 18.1. The van der Waals surface area contributed by atoms with Crippen LogP contribution >= 0.6 is 11.8 Å². The predicted octanol–water partition coefficient (Wildman–Crippen LogP) is 4.90. The zero-order valence-corrected chi connectivity index (χ0v) is 21.2. The Labute approximate surface area is 213 Å². The Bertz CT molecular complexity index is 1310. The lowest BCUT2D eigenvalue weighted by molar-refractivity contribution is -0.123. The second-order valence-corrected chi connectivity index (χ2v) is 11.4. The lowest BCUT2D eigenvalue weighted by Crippen LogP contribution is -2.43. The van der Waals surface area contributed by atoms with Crippen LogP contribution in [-0.4, -0.2) is 39.9 Å². The fourth-order valence-electron chi connectivity index (χ4n) is 4.41. The Morgan fingerprint density at radius 3 is 2.44 bits per heavy atom. The molecule has 36 heavy (non-hydrogen) atoms. The highest BCUT2D eigenvalue weighted by Crippen LogP contribution is 2.48. The molecule has 2 heterocycles. The molecule has 5 rings (SSSR count). The van der Waals surface area contributed by atoms with E-state index in [2.05, 4.69) is 5.32 Å². The third kappa shape index (κ3) is 4.76. The van der Waals surface area contributed by atoms with Crippen molar-refractivity contribution in [1.82, 2.24) is 15.1 Å². The van der Waals surface area contributed by atoms with Crippen molar-refractivity contribution in [2.24, 2.45) is 0 Å². The molecule has 0 unspecified atom stereocenters. The lowest BCUT2D eigenvalue weighted by atomic mass is 9.87. The van der Waals surface area contributed by atoms with Gasteiger partial charge in [0.1, 0.15) is 24.0 Å². The van der Waals surface area contributed by atoms with Gasteiger partial charge in [-0.05, 0) is 43.2 Å². The van der Waals surface area contributed by atoms with Gasteiger partial charge in [0.2, 0.25) is 11.8 Å². The van der Waals surface area contributed by atoms with Gasteiger partial charge in [-0.25, -0.2) is 13.5 Å². The van der Waals surface area contributed by atoms with Gasteiger partial charge >= 0.3 is 0 Å². The molecule has 1 N–H and O–H groups in total. The van der Waals surface area contributed by atoms with E-state index in [1.807, 2.05) is 20.8 Å². The molecule has 188 valence electrons. The minimum atomic E-state index is -0.523. The summed E-state index contributed by atoms with van der Waals surface area (Å²) in [4.78, 5) is 27.8. The summed E-state index contributed by atoms with van der Waals surface area (Å²) in [5.74, 6) is -0.810. The van der Waals surface area contributed by atoms with Crippen molar-refractivity contribution in [2.75, 3.05) is 17.2 Å². The molecule has 2 amide bonds. The summed E-state index contributed by atoms with van der Waals surface area (Å²) in [5, 5.41) is 7.33. The largest absolute Gasteiger partial charge is 0.352 e. The van der Waals surface area contributed by atoms with Crippen molar-refractivity contribution < 1.29 is 18.4 Å². The molecule has 3 aromatic rings. The number of thioether (sulfide) groups is 1. The number of nitrogens with one attached hydrogen (secondary N) is 1. The zero-order valence-electron chi connectivity index (χ0n) is 20.4. The maximum atomic E-state index is 15.1. The monoisotopic (exact) mass is 510 g/mol. The molecule has 1 atom stereocenters. The van der Waals surface area contributed by atoms with Crippen molar-refractivity contribution in [3.8, 4) is 5.69 Å². The van der Waals surface area contributed by atoms with E-state index in [0.717, 1.165) is 12.8 Å². The van der Waals surface area contributed by atoms with E-state index in [1.165, 1.54) is 34.9 Å². The lowest BCUT2D eigenvalue weighted by Gasteiger charge is -2.24. The van der Waals surface area contributed by atoms with Gasteiger partial charge in [-0.1, -0.05) is 39.0 Å². The number of fused-ring (bicyclic) bond motifs is 1. The fourth-order valence-corrected chi connectivity index (χ4v) is 5.63. The molecule has 1 aliphatic carbocycles. The molecular formula is C27H28F2N4O2S. The molecule has 1 fully saturated rings. The zero-order chi connectivity index (χ0) is 25.6. The van der Waals surface area contributed by atoms with Gasteiger partial charge in [0, 0.05) is 22.6 Å². The smallest absolute Gasteiger partial charge is 0.240 e. The number of anilines is 1. The predicted molar refractivity (Wildman–Crippen MR) is 136 cm³/mol. The second-order valence-electron chi connectivity index (χ2n) is 10.3. The first-order valence-corrected chi connectivity index (χ1v) is 13.0. The molecule has 1 aromatic heterocycles. The molecular weight excluding hydrogens is 482 g/mol. The third-order valence-electron chi connectivity index (χ3n) is 6.30. The van der Waals surface area contributed by atoms with Crippen LogP contribution in [-0.2, 0) is 15.0 Å². The number of halogens is 2. The molecule has 2 aliphatic rings. The summed E-state index contributed by atoms with van der Waals surface area (Å²) in [6, 6.07) is 12.5. The van der Waals surface area contributed by atoms with E-state index < -0.39 is 16.5 Å². The number of hydrogen-bond donors (Lipinski definition) is 1. The van der Waals surface area contributed by atoms with E-state index in [9.17, 15) is 14.0 Å². The summed E-state index contributed by atoms with van der Waals surface area (Å²) in [7, 11) is 0. The highest BCUT2D eigenvalue weighted by Gasteiger charge is 2.40. The number of benzene rings is 2. The van der Waals surface area contributed by atoms with Gasteiger partial charge in [-0.3, -0.25) is 14.5 Å². The van der Waals surface area contributed by atoms with Crippen molar-refractivity contribution in [1.29, 1.82) is 0 Å². The Morgan fingerprint density at radius 2 is 1.81 bits per heavy atom. The second kappa shape index (κ2) is 9.35. The molecule has 2 aromatic carbocycles. The van der Waals surface area contributed by atoms with E-state index in [0.29, 0.717) is 28.3 Å². The highest BCUT2D eigenvalue weighted by atomic mass is 32.2. The Kier molecular flexibility index (Phi) is 6.36. The first-order valence-electron chi connectivity index (χ1n) is 12.0. The van der Waals surface area contributed by atoms with Crippen LogP contribution in [0.25, 0.3) is 5.69 Å². The summed E-state index contributed by atoms with van der Waals surface area (Å²) in [6.45, 7) is 5.84. The summed E-state index contributed by atoms with van der Waals surface area (Å²) >= 11 is 1.32. The average molecular weight is 511 g/mol. The maximum absolute atomic E-state index is 15.1. The van der Waals surface area contributed by atoms with Gasteiger partial charge in [0.25, 0.3) is 0 Å². The first kappa shape index (κ1) is 24.5. The quantitative estimate of drug-likeness (QED) is 0.531. The number of carbonyl (C=O) groups is 2. The van der Waals surface area contributed by atoms with Crippen molar-refractivity contribution in [2.45, 2.75) is 50.3 Å². The molecule has 1 saturated carbocycles. The van der Waals surface area contributed by atoms with E-state index in [4.69, 9.17) is 5.10 Å². The van der Waals surface area contributed by atoms with E-state index in [1.54, 1.807) is 35.0 Å². The fraction of sp³-hybridized carbons (Fsp3) is 0.370. The summed E-state index contributed by atoms with van der Waals surface area (Å²) in [6.07, 6.45) is 1.86. The highest BCUT2D eigenvalue weighted by molar-refractivity contribution is 8.00. The minimum absolute atomic E-state index is 0.0669. The van der Waals surface area contributed by atoms with Crippen LogP contribution in [0.2, 0.25) is 0 Å². The molecule has 1 aliphatic heterocycles. The summed E-state index contributed by atoms with van der Waals surface area (Å²) < 4.78 is 30.5. The number of aromatic nitrogens is 2. The standard InChI is InChI=1S/C27H28F2N4O2S/c1-27(2,3)25-23-24(19-6-4-5-7-20(19)29)36-15-22(35)32(14-21(34)30-17-10-11-17)26(23)33(31-25)18-12-8-16(28)9-13-18/h4-9,12-13,17,24H,10-11,14-15H2,1-3H3,(H,30,34)/t24-/m0/s1. The van der Waals surface area contributed by atoms with Crippen LogP contribution in [0.1, 0.15) is 55.7 Å². The van der Waals surface area contributed by atoms with Crippen LogP contribution in [0, 0.1) is 11.6 Å². The van der Waals surface area contributed by atoms with Gasteiger partial charge in [-0.2, -0.15) is 5.10 Å². The van der Waals surface area contributed by atoms with Crippen LogP contribution in [0.5, 0.6) is 0 Å². The van der Waals surface area contributed by atoms with Crippen molar-refractivity contribution in [3.05, 3.63) is 77.0 Å². The maximum Gasteiger partial charge on any atom is 0.240 e. The van der Waals surface area contributed by atoms with E-state index >= 15 is 4.39 Å². The Hall–Kier alpha value is -3.20. The van der Waals surface area contributed by atoms with Crippen LogP contribution in [0.4, 0.5) is 14.6 Å². The van der Waals surface area contributed by atoms with Gasteiger partial charge in [-0.15, -0.1) is 11.8 Å². The molecule has 9 heteroatoms. The van der Waals surface area contributed by atoms with Gasteiger partial charge in [0.15, 0.2) is 0 Å². The van der Waals surface area contributed by atoms with Gasteiger partial charge < -0.3 is 5.32 Å². The first-order chi connectivity index (χ1) is 17.1. The van der Waals surface area contributed by atoms with Crippen LogP contribution < -0.4 is 10.2 Å². The number of amides is 2. The minimum Gasteiger partial charge on any atom is -0.352 e. The van der Waals surface area contributed by atoms with E-state index in [-0.39, 0.29) is 36.0 Å². The van der Waals surface area contributed by atoms with Crippen LogP contribution in [0.3, 0.4) is 0 Å². The van der Waals surface area contributed by atoms with Gasteiger partial charge in [0.05, 0.1) is 22.4 Å². The number of nitrogens with zero attached hydrogens (tertiary/aromatic N) is 3. The average Bonchev–Trinajstić information content (AvgIpc) is 3.56. The molecule has 0 saturated heterocycles. The van der Waals surface area contributed by atoms with Crippen molar-refractivity contribution in [3.63, 3.8) is 0 Å². The summed E-state index contributed by atoms with van der Waals surface area (Å²) in [5.41, 5.74) is 1.90. The number of carbonyl (C=O) groups excluding carboxylic acids is 2.